The first-order valence-electron chi connectivity index (χ1n) is 8.16. The van der Waals surface area contributed by atoms with Crippen LogP contribution in [0.5, 0.6) is 0 Å². The maximum Gasteiger partial charge on any atom is 0.511 e. The van der Waals surface area contributed by atoms with Gasteiger partial charge in [0.25, 0.3) is 0 Å². The number of nitrogens with two attached hydrogens (primary N) is 1. The van der Waals surface area contributed by atoms with Crippen molar-refractivity contribution < 1.29 is 21.6 Å². The van der Waals surface area contributed by atoms with Gasteiger partial charge in [0.15, 0.2) is 5.82 Å². The first-order valence-corrected chi connectivity index (χ1v) is 9.60. The fraction of sp³-hybridized carbons (Fsp3) is 0.333. The molecule has 14 heteroatoms. The highest BCUT2D eigenvalue weighted by Gasteiger charge is 2.59. The van der Waals surface area contributed by atoms with E-state index in [4.69, 9.17) is 11.0 Å². The number of aromatic nitrogens is 5. The van der Waals surface area contributed by atoms with Gasteiger partial charge < -0.3 is 10.7 Å². The number of alkyl halides is 3. The summed E-state index contributed by atoms with van der Waals surface area (Å²) in [6, 6.07) is 3.61. The Hall–Kier alpha value is -3.18. The van der Waals surface area contributed by atoms with E-state index in [0.717, 1.165) is 0 Å². The highest BCUT2D eigenvalue weighted by atomic mass is 32.2. The summed E-state index contributed by atoms with van der Waals surface area (Å²) in [5.74, 6) is 0.0423. The Balaban J connectivity index is 1.72. The second-order valence-corrected chi connectivity index (χ2v) is 8.54. The molecule has 3 N–H and O–H groups in total. The molecule has 3 aromatic rings. The number of nitrogen functional groups attached to an aromatic ring is 1. The fourth-order valence-corrected chi connectivity index (χ4v) is 4.42. The number of sulfonamides is 1. The van der Waals surface area contributed by atoms with Gasteiger partial charge >= 0.3 is 15.5 Å². The molecule has 10 nitrogen and oxygen atoms in total. The van der Waals surface area contributed by atoms with Gasteiger partial charge in [0.2, 0.25) is 0 Å². The standard InChI is InChI=1S/C15H13F3N8O2S/c16-15(17,18)29(27,28)25-6-14(7-25,2-3-19)26-5-10(12(20)24-26)11-9-1-4-21-13(9)23-8-22-11/h1,4-5,8H,2,6-7H2,(H2,20,24)(H,21,22,23). The van der Waals surface area contributed by atoms with E-state index in [9.17, 15) is 21.6 Å². The molecule has 29 heavy (non-hydrogen) atoms. The Labute approximate surface area is 161 Å². The van der Waals surface area contributed by atoms with Crippen LogP contribution in [0.2, 0.25) is 0 Å². The Morgan fingerprint density at radius 3 is 2.72 bits per heavy atom. The average molecular weight is 426 g/mol. The van der Waals surface area contributed by atoms with E-state index in [1.165, 1.54) is 17.2 Å². The number of fused-ring (bicyclic) bond motifs is 1. The lowest BCUT2D eigenvalue weighted by Crippen LogP contribution is -2.65. The lowest BCUT2D eigenvalue weighted by molar-refractivity contribution is -0.0565. The minimum absolute atomic E-state index is 0.0423. The third kappa shape index (κ3) is 2.81. The highest BCUT2D eigenvalue weighted by Crippen LogP contribution is 2.40. The molecule has 152 valence electrons. The van der Waals surface area contributed by atoms with Crippen LogP contribution in [0.1, 0.15) is 6.42 Å². The minimum Gasteiger partial charge on any atom is -0.382 e. The molecule has 0 saturated carbocycles. The molecule has 0 amide bonds. The van der Waals surface area contributed by atoms with Crippen molar-refractivity contribution in [3.05, 3.63) is 24.8 Å². The van der Waals surface area contributed by atoms with Gasteiger partial charge in [-0.15, -0.1) is 0 Å². The molecule has 0 unspecified atom stereocenters. The Morgan fingerprint density at radius 1 is 1.34 bits per heavy atom. The Bertz CT molecular complexity index is 1230. The molecular weight excluding hydrogens is 413 g/mol. The van der Waals surface area contributed by atoms with Crippen molar-refractivity contribution in [1.82, 2.24) is 29.0 Å². The Kier molecular flexibility index (Phi) is 4.07. The molecule has 0 radical (unpaired) electrons. The number of nitrogens with zero attached hydrogens (tertiary/aromatic N) is 6. The maximum atomic E-state index is 12.8. The van der Waals surface area contributed by atoms with Crippen molar-refractivity contribution in [1.29, 1.82) is 5.26 Å². The van der Waals surface area contributed by atoms with E-state index in [2.05, 4.69) is 20.1 Å². The fourth-order valence-electron chi connectivity index (χ4n) is 3.31. The van der Waals surface area contributed by atoms with Gasteiger partial charge in [0.1, 0.15) is 17.5 Å². The van der Waals surface area contributed by atoms with Crippen molar-refractivity contribution in [2.75, 3.05) is 18.8 Å². The third-order valence-electron chi connectivity index (χ3n) is 4.82. The number of nitrogens with one attached hydrogen (secondary N) is 1. The van der Waals surface area contributed by atoms with Gasteiger partial charge in [-0.05, 0) is 6.07 Å². The Morgan fingerprint density at radius 2 is 2.07 bits per heavy atom. The summed E-state index contributed by atoms with van der Waals surface area (Å²) >= 11 is 0. The first-order chi connectivity index (χ1) is 13.6. The van der Waals surface area contributed by atoms with Gasteiger partial charge in [0.05, 0.1) is 23.7 Å². The normalized spacial score (nSPS) is 17.2. The molecule has 0 aromatic carbocycles. The van der Waals surface area contributed by atoms with Crippen molar-refractivity contribution in [2.24, 2.45) is 0 Å². The van der Waals surface area contributed by atoms with Gasteiger partial charge in [-0.1, -0.05) is 0 Å². The van der Waals surface area contributed by atoms with E-state index in [1.54, 1.807) is 12.3 Å². The van der Waals surface area contributed by atoms with E-state index in [0.29, 0.717) is 22.3 Å². The van der Waals surface area contributed by atoms with Crippen molar-refractivity contribution in [3.8, 4) is 17.3 Å². The van der Waals surface area contributed by atoms with Crippen molar-refractivity contribution >= 4 is 26.9 Å². The molecule has 0 spiro atoms. The quantitative estimate of drug-likeness (QED) is 0.637. The molecule has 0 aliphatic carbocycles. The summed E-state index contributed by atoms with van der Waals surface area (Å²) in [5.41, 5.74) is 0.722. The summed E-state index contributed by atoms with van der Waals surface area (Å²) in [6.07, 6.45) is 4.18. The molecule has 1 aliphatic heterocycles. The summed E-state index contributed by atoms with van der Waals surface area (Å²) in [4.78, 5) is 11.2. The molecule has 0 bridgehead atoms. The number of hydrogen-bond acceptors (Lipinski definition) is 7. The van der Waals surface area contributed by atoms with Gasteiger partial charge in [-0.25, -0.2) is 18.4 Å². The van der Waals surface area contributed by atoms with Crippen molar-refractivity contribution in [2.45, 2.75) is 17.5 Å². The number of nitriles is 1. The molecular formula is C15H13F3N8O2S. The zero-order valence-corrected chi connectivity index (χ0v) is 15.4. The largest absolute Gasteiger partial charge is 0.511 e. The smallest absolute Gasteiger partial charge is 0.382 e. The molecule has 1 saturated heterocycles. The number of halogens is 3. The first kappa shape index (κ1) is 19.2. The van der Waals surface area contributed by atoms with E-state index >= 15 is 0 Å². The average Bonchev–Trinajstić information content (AvgIpc) is 3.23. The molecule has 4 rings (SSSR count). The zero-order valence-electron chi connectivity index (χ0n) is 14.5. The topological polar surface area (TPSA) is 147 Å². The third-order valence-corrected chi connectivity index (χ3v) is 6.34. The van der Waals surface area contributed by atoms with Crippen LogP contribution in [0.3, 0.4) is 0 Å². The van der Waals surface area contributed by atoms with E-state index in [-0.39, 0.29) is 16.5 Å². The van der Waals surface area contributed by atoms with Crippen LogP contribution in [0.15, 0.2) is 24.8 Å². The van der Waals surface area contributed by atoms with Gasteiger partial charge in [-0.3, -0.25) is 4.68 Å². The number of anilines is 1. The van der Waals surface area contributed by atoms with Crippen LogP contribution < -0.4 is 5.73 Å². The van der Waals surface area contributed by atoms with E-state index < -0.39 is 34.2 Å². The minimum atomic E-state index is -5.49. The monoisotopic (exact) mass is 426 g/mol. The molecule has 4 heterocycles. The van der Waals surface area contributed by atoms with Crippen molar-refractivity contribution in [3.63, 3.8) is 0 Å². The predicted octanol–water partition coefficient (Wildman–Crippen LogP) is 1.18. The molecule has 0 atom stereocenters. The van der Waals surface area contributed by atoms with Crippen LogP contribution in [0, 0.1) is 11.3 Å². The summed E-state index contributed by atoms with van der Waals surface area (Å²) in [5, 5.41) is 13.9. The van der Waals surface area contributed by atoms with Crippen LogP contribution in [0.4, 0.5) is 19.0 Å². The second-order valence-electron chi connectivity index (χ2n) is 6.61. The zero-order chi connectivity index (χ0) is 21.0. The van der Waals surface area contributed by atoms with E-state index in [1.807, 2.05) is 6.07 Å². The summed E-state index contributed by atoms with van der Waals surface area (Å²) in [6.45, 7) is -1.10. The lowest BCUT2D eigenvalue weighted by atomic mass is 9.89. The van der Waals surface area contributed by atoms with Crippen LogP contribution in [-0.4, -0.2) is 56.1 Å². The summed E-state index contributed by atoms with van der Waals surface area (Å²) < 4.78 is 63.1. The lowest BCUT2D eigenvalue weighted by Gasteiger charge is -2.47. The van der Waals surface area contributed by atoms with Crippen LogP contribution in [0.25, 0.3) is 22.3 Å². The van der Waals surface area contributed by atoms with Gasteiger partial charge in [0, 0.05) is 30.9 Å². The second kappa shape index (κ2) is 6.16. The number of rotatable bonds is 4. The molecule has 1 fully saturated rings. The SMILES string of the molecule is N#CCC1(n2cc(-c3ncnc4[nH]ccc34)c(N)n2)CN(S(=O)(=O)C(F)(F)F)C1. The highest BCUT2D eigenvalue weighted by molar-refractivity contribution is 7.90. The van der Waals surface area contributed by atoms with Crippen LogP contribution >= 0.6 is 0 Å². The predicted molar refractivity (Wildman–Crippen MR) is 94.3 cm³/mol. The van der Waals surface area contributed by atoms with Crippen LogP contribution in [-0.2, 0) is 15.6 Å². The number of hydrogen-bond donors (Lipinski definition) is 2. The maximum absolute atomic E-state index is 12.8. The molecule has 1 aliphatic rings. The van der Waals surface area contributed by atoms with Gasteiger partial charge in [-0.2, -0.15) is 27.8 Å². The number of aromatic amines is 1. The summed E-state index contributed by atoms with van der Waals surface area (Å²) in [7, 11) is -5.49. The number of H-pyrrole nitrogens is 1. The molecule has 3 aromatic heterocycles.